The molecule has 100 valence electrons. The lowest BCUT2D eigenvalue weighted by molar-refractivity contribution is -0.137. The quantitative estimate of drug-likeness (QED) is 0.831. The van der Waals surface area contributed by atoms with Crippen LogP contribution in [0.2, 0.25) is 0 Å². The lowest BCUT2D eigenvalue weighted by Gasteiger charge is -2.10. The summed E-state index contributed by atoms with van der Waals surface area (Å²) in [5.74, 6) is 0. The maximum atomic E-state index is 12.5. The van der Waals surface area contributed by atoms with Gasteiger partial charge in [-0.1, -0.05) is 12.1 Å². The lowest BCUT2D eigenvalue weighted by atomic mass is 10.1. The monoisotopic (exact) mass is 283 g/mol. The molecule has 2 aromatic rings. The van der Waals surface area contributed by atoms with Gasteiger partial charge in [-0.3, -0.25) is 0 Å². The van der Waals surface area contributed by atoms with Gasteiger partial charge in [0.2, 0.25) is 0 Å². The molecule has 5 heteroatoms. The van der Waals surface area contributed by atoms with Crippen molar-refractivity contribution in [2.24, 2.45) is 0 Å². The van der Waals surface area contributed by atoms with Crippen molar-refractivity contribution in [2.75, 3.05) is 6.54 Å². The third-order valence-corrected chi connectivity index (χ3v) is 4.52. The average Bonchev–Trinajstić information content (AvgIpc) is 2.81. The normalized spacial score (nSPS) is 15.3. The molecule has 0 aliphatic carbocycles. The first kappa shape index (κ1) is 12.7. The Bertz CT molecular complexity index is 560. The number of alkyl halides is 3. The second-order valence-corrected chi connectivity index (χ2v) is 5.70. The standard InChI is InChI=1S/C14H12F3NS/c15-14(16,17)11-3-1-9(2-4-11)13-7-10-8-18-6-5-12(10)19-13/h1-4,7,18H,5-6,8H2. The van der Waals surface area contributed by atoms with Crippen LogP contribution in [0.5, 0.6) is 0 Å². The van der Waals surface area contributed by atoms with E-state index in [0.717, 1.165) is 42.1 Å². The minimum atomic E-state index is -4.27. The minimum absolute atomic E-state index is 0.598. The van der Waals surface area contributed by atoms with Crippen LogP contribution >= 0.6 is 11.3 Å². The molecule has 0 saturated carbocycles. The van der Waals surface area contributed by atoms with Crippen LogP contribution in [0.15, 0.2) is 30.3 Å². The number of rotatable bonds is 1. The predicted octanol–water partition coefficient (Wildman–Crippen LogP) is 4.08. The Morgan fingerprint density at radius 2 is 1.84 bits per heavy atom. The SMILES string of the molecule is FC(F)(F)c1ccc(-c2cc3c(s2)CCNC3)cc1. The largest absolute Gasteiger partial charge is 0.416 e. The van der Waals surface area contributed by atoms with E-state index in [1.807, 2.05) is 0 Å². The highest BCUT2D eigenvalue weighted by Gasteiger charge is 2.30. The summed E-state index contributed by atoms with van der Waals surface area (Å²) < 4.78 is 37.5. The van der Waals surface area contributed by atoms with Crippen molar-refractivity contribution >= 4 is 11.3 Å². The van der Waals surface area contributed by atoms with Crippen LogP contribution in [0.1, 0.15) is 16.0 Å². The van der Waals surface area contributed by atoms with E-state index in [0.29, 0.717) is 0 Å². The molecule has 0 unspecified atom stereocenters. The summed E-state index contributed by atoms with van der Waals surface area (Å²) in [7, 11) is 0. The predicted molar refractivity (Wildman–Crippen MR) is 70.2 cm³/mol. The van der Waals surface area contributed by atoms with Gasteiger partial charge in [-0.15, -0.1) is 11.3 Å². The zero-order chi connectivity index (χ0) is 13.5. The number of benzene rings is 1. The molecule has 1 aliphatic rings. The van der Waals surface area contributed by atoms with Crippen molar-refractivity contribution < 1.29 is 13.2 Å². The second-order valence-electron chi connectivity index (χ2n) is 4.56. The van der Waals surface area contributed by atoms with Gasteiger partial charge in [0.25, 0.3) is 0 Å². The Kier molecular flexibility index (Phi) is 3.11. The minimum Gasteiger partial charge on any atom is -0.312 e. The average molecular weight is 283 g/mol. The van der Waals surface area contributed by atoms with Crippen molar-refractivity contribution in [2.45, 2.75) is 19.1 Å². The number of fused-ring (bicyclic) bond motifs is 1. The number of hydrogen-bond acceptors (Lipinski definition) is 2. The molecule has 2 heterocycles. The summed E-state index contributed by atoms with van der Waals surface area (Å²) in [5, 5.41) is 3.29. The van der Waals surface area contributed by atoms with Gasteiger partial charge in [-0.05, 0) is 35.7 Å². The highest BCUT2D eigenvalue weighted by Crippen LogP contribution is 2.35. The first-order valence-electron chi connectivity index (χ1n) is 6.04. The molecule has 0 spiro atoms. The summed E-state index contributed by atoms with van der Waals surface area (Å²) in [6.45, 7) is 1.83. The van der Waals surface area contributed by atoms with Gasteiger partial charge in [0.1, 0.15) is 0 Å². The number of nitrogens with one attached hydrogen (secondary N) is 1. The van der Waals surface area contributed by atoms with Crippen molar-refractivity contribution in [3.8, 4) is 10.4 Å². The third kappa shape index (κ3) is 2.53. The van der Waals surface area contributed by atoms with Crippen molar-refractivity contribution in [3.63, 3.8) is 0 Å². The van der Waals surface area contributed by atoms with Crippen LogP contribution < -0.4 is 5.32 Å². The van der Waals surface area contributed by atoms with Gasteiger partial charge in [-0.25, -0.2) is 0 Å². The molecule has 0 atom stereocenters. The van der Waals surface area contributed by atoms with E-state index in [4.69, 9.17) is 0 Å². The molecule has 1 N–H and O–H groups in total. The molecule has 0 bridgehead atoms. The molecule has 1 aromatic carbocycles. The van der Waals surface area contributed by atoms with Crippen LogP contribution in [-0.2, 0) is 19.1 Å². The van der Waals surface area contributed by atoms with Gasteiger partial charge in [0.05, 0.1) is 5.56 Å². The molecule has 1 aliphatic heterocycles. The van der Waals surface area contributed by atoms with Crippen LogP contribution in [0, 0.1) is 0 Å². The van der Waals surface area contributed by atoms with E-state index in [1.54, 1.807) is 23.5 Å². The number of halogens is 3. The van der Waals surface area contributed by atoms with E-state index in [-0.39, 0.29) is 0 Å². The van der Waals surface area contributed by atoms with Crippen LogP contribution in [0.3, 0.4) is 0 Å². The molecule has 0 fully saturated rings. The van der Waals surface area contributed by atoms with Gasteiger partial charge in [0, 0.05) is 22.8 Å². The van der Waals surface area contributed by atoms with E-state index < -0.39 is 11.7 Å². The Morgan fingerprint density at radius 1 is 1.11 bits per heavy atom. The van der Waals surface area contributed by atoms with Crippen molar-refractivity contribution in [1.82, 2.24) is 5.32 Å². The molecule has 3 rings (SSSR count). The third-order valence-electron chi connectivity index (χ3n) is 3.24. The zero-order valence-corrected chi connectivity index (χ0v) is 10.9. The Morgan fingerprint density at radius 3 is 2.47 bits per heavy atom. The fourth-order valence-corrected chi connectivity index (χ4v) is 3.41. The number of thiophene rings is 1. The Labute approximate surface area is 113 Å². The van der Waals surface area contributed by atoms with Gasteiger partial charge in [0.15, 0.2) is 0 Å². The van der Waals surface area contributed by atoms with Gasteiger partial charge in [-0.2, -0.15) is 13.2 Å². The van der Waals surface area contributed by atoms with Crippen LogP contribution in [0.4, 0.5) is 13.2 Å². The fraction of sp³-hybridized carbons (Fsp3) is 0.286. The summed E-state index contributed by atoms with van der Waals surface area (Å²) in [4.78, 5) is 2.39. The first-order chi connectivity index (χ1) is 9.04. The molecular weight excluding hydrogens is 271 g/mol. The highest BCUT2D eigenvalue weighted by atomic mass is 32.1. The zero-order valence-electron chi connectivity index (χ0n) is 10.1. The molecule has 0 radical (unpaired) electrons. The summed E-state index contributed by atoms with van der Waals surface area (Å²) in [6.07, 6.45) is -3.27. The second kappa shape index (κ2) is 4.65. The van der Waals surface area contributed by atoms with Gasteiger partial charge >= 0.3 is 6.18 Å². The van der Waals surface area contributed by atoms with Crippen molar-refractivity contribution in [3.05, 3.63) is 46.3 Å². The summed E-state index contributed by atoms with van der Waals surface area (Å²) >= 11 is 1.68. The summed E-state index contributed by atoms with van der Waals surface area (Å²) in [5.41, 5.74) is 1.53. The van der Waals surface area contributed by atoms with E-state index >= 15 is 0 Å². The number of hydrogen-bond donors (Lipinski definition) is 1. The van der Waals surface area contributed by atoms with E-state index in [2.05, 4.69) is 11.4 Å². The Balaban J connectivity index is 1.92. The molecule has 1 aromatic heterocycles. The molecule has 1 nitrogen and oxygen atoms in total. The van der Waals surface area contributed by atoms with Crippen LogP contribution in [0.25, 0.3) is 10.4 Å². The molecule has 19 heavy (non-hydrogen) atoms. The summed E-state index contributed by atoms with van der Waals surface area (Å²) in [6, 6.07) is 7.47. The Hall–Kier alpha value is -1.33. The topological polar surface area (TPSA) is 12.0 Å². The lowest BCUT2D eigenvalue weighted by Crippen LogP contribution is -2.21. The molecule has 0 saturated heterocycles. The van der Waals surface area contributed by atoms with Crippen LogP contribution in [-0.4, -0.2) is 6.54 Å². The molecular formula is C14H12F3NS. The van der Waals surface area contributed by atoms with Crippen molar-refractivity contribution in [1.29, 1.82) is 0 Å². The highest BCUT2D eigenvalue weighted by molar-refractivity contribution is 7.15. The maximum absolute atomic E-state index is 12.5. The van der Waals surface area contributed by atoms with Gasteiger partial charge < -0.3 is 5.32 Å². The maximum Gasteiger partial charge on any atom is 0.416 e. The van der Waals surface area contributed by atoms with E-state index in [1.165, 1.54) is 10.4 Å². The fourth-order valence-electron chi connectivity index (χ4n) is 2.22. The first-order valence-corrected chi connectivity index (χ1v) is 6.85. The smallest absolute Gasteiger partial charge is 0.312 e. The molecule has 0 amide bonds. The van der Waals surface area contributed by atoms with E-state index in [9.17, 15) is 13.2 Å².